The predicted molar refractivity (Wildman–Crippen MR) is 111 cm³/mol. The third-order valence-corrected chi connectivity index (χ3v) is 4.56. The molecule has 1 heterocycles. The molecule has 1 saturated heterocycles. The van der Waals surface area contributed by atoms with Gasteiger partial charge in [0.05, 0.1) is 25.4 Å². The van der Waals surface area contributed by atoms with Gasteiger partial charge in [-0.05, 0) is 29.3 Å². The Morgan fingerprint density at radius 1 is 1.33 bits per heavy atom. The summed E-state index contributed by atoms with van der Waals surface area (Å²) in [7, 11) is 0. The molecule has 3 rings (SSSR count). The smallest absolute Gasteiger partial charge is 0.414 e. The lowest BCUT2D eigenvalue weighted by atomic mass is 10.0. The zero-order valence-electron chi connectivity index (χ0n) is 16.7. The fourth-order valence-corrected chi connectivity index (χ4v) is 3.06. The highest BCUT2D eigenvalue weighted by Crippen LogP contribution is 2.29. The summed E-state index contributed by atoms with van der Waals surface area (Å²) in [6.45, 7) is 6.35. The highest BCUT2D eigenvalue weighted by Gasteiger charge is 2.32. The Morgan fingerprint density at radius 3 is 2.77 bits per heavy atom. The minimum atomic E-state index is -0.562. The van der Waals surface area contributed by atoms with E-state index < -0.39 is 18.0 Å². The topological polar surface area (TPSA) is 79.9 Å². The summed E-state index contributed by atoms with van der Waals surface area (Å²) >= 11 is 0. The Morgan fingerprint density at radius 2 is 2.10 bits per heavy atom. The molecule has 1 fully saturated rings. The van der Waals surface area contributed by atoms with Crippen LogP contribution < -0.4 is 15.7 Å². The SMILES string of the molecule is C=CCONCc1ccc(-c2ccc(N3C[C@H](CNC(C)=O)OC3=O)cc2F)cc1. The molecule has 158 valence electrons. The fraction of sp³-hybridized carbons (Fsp3) is 0.273. The number of carbonyl (C=O) groups excluding carboxylic acids is 2. The first-order valence-electron chi connectivity index (χ1n) is 9.55. The van der Waals surface area contributed by atoms with Gasteiger partial charge in [0.2, 0.25) is 5.91 Å². The van der Waals surface area contributed by atoms with Gasteiger partial charge in [-0.2, -0.15) is 5.48 Å². The molecule has 1 aliphatic rings. The van der Waals surface area contributed by atoms with Crippen LogP contribution in [-0.2, 0) is 20.9 Å². The van der Waals surface area contributed by atoms with Crippen LogP contribution in [0.4, 0.5) is 14.9 Å². The van der Waals surface area contributed by atoms with Crippen LogP contribution in [0.5, 0.6) is 0 Å². The van der Waals surface area contributed by atoms with Crippen molar-refractivity contribution in [2.75, 3.05) is 24.6 Å². The average Bonchev–Trinajstić information content (AvgIpc) is 3.11. The van der Waals surface area contributed by atoms with Gasteiger partial charge in [0.15, 0.2) is 0 Å². The predicted octanol–water partition coefficient (Wildman–Crippen LogP) is 3.16. The maximum atomic E-state index is 14.8. The number of ether oxygens (including phenoxy) is 1. The van der Waals surface area contributed by atoms with Crippen LogP contribution in [0.3, 0.4) is 0 Å². The molecule has 0 unspecified atom stereocenters. The van der Waals surface area contributed by atoms with Gasteiger partial charge >= 0.3 is 6.09 Å². The third kappa shape index (κ3) is 5.43. The summed E-state index contributed by atoms with van der Waals surface area (Å²) in [5.41, 5.74) is 5.37. The molecule has 2 N–H and O–H groups in total. The molecule has 2 aromatic carbocycles. The Hall–Kier alpha value is -3.23. The monoisotopic (exact) mass is 413 g/mol. The molecule has 1 atom stereocenters. The van der Waals surface area contributed by atoms with E-state index in [0.717, 1.165) is 11.1 Å². The van der Waals surface area contributed by atoms with Crippen LogP contribution in [0.25, 0.3) is 11.1 Å². The van der Waals surface area contributed by atoms with Crippen molar-refractivity contribution in [3.05, 3.63) is 66.5 Å². The van der Waals surface area contributed by atoms with Crippen molar-refractivity contribution in [1.82, 2.24) is 10.8 Å². The second-order valence-electron chi connectivity index (χ2n) is 6.84. The lowest BCUT2D eigenvalue weighted by Crippen LogP contribution is -2.33. The van der Waals surface area contributed by atoms with Gasteiger partial charge in [0.1, 0.15) is 11.9 Å². The number of cyclic esters (lactones) is 1. The minimum absolute atomic E-state index is 0.203. The summed E-state index contributed by atoms with van der Waals surface area (Å²) in [5, 5.41) is 2.61. The van der Waals surface area contributed by atoms with E-state index in [9.17, 15) is 14.0 Å². The Labute approximate surface area is 174 Å². The third-order valence-electron chi connectivity index (χ3n) is 4.56. The van der Waals surface area contributed by atoms with E-state index >= 15 is 0 Å². The van der Waals surface area contributed by atoms with Gasteiger partial charge in [0.25, 0.3) is 0 Å². The van der Waals surface area contributed by atoms with Crippen molar-refractivity contribution >= 4 is 17.7 Å². The van der Waals surface area contributed by atoms with Gasteiger partial charge < -0.3 is 10.1 Å². The molecule has 0 aromatic heterocycles. The zero-order valence-corrected chi connectivity index (χ0v) is 16.7. The molecule has 0 bridgehead atoms. The molecule has 0 aliphatic carbocycles. The lowest BCUT2D eigenvalue weighted by Gasteiger charge is -2.15. The van der Waals surface area contributed by atoms with Crippen molar-refractivity contribution < 1.29 is 23.6 Å². The maximum Gasteiger partial charge on any atom is 0.414 e. The average molecular weight is 413 g/mol. The number of amides is 2. The van der Waals surface area contributed by atoms with E-state index in [2.05, 4.69) is 17.4 Å². The molecule has 7 nitrogen and oxygen atoms in total. The Balaban J connectivity index is 1.66. The summed E-state index contributed by atoms with van der Waals surface area (Å²) in [5.74, 6) is -0.642. The molecule has 0 saturated carbocycles. The Kier molecular flexibility index (Phi) is 7.16. The van der Waals surface area contributed by atoms with E-state index in [1.807, 2.05) is 24.3 Å². The molecular formula is C22H24FN3O4. The van der Waals surface area contributed by atoms with Gasteiger partial charge in [-0.3, -0.25) is 14.5 Å². The van der Waals surface area contributed by atoms with Gasteiger partial charge in [-0.15, -0.1) is 6.58 Å². The van der Waals surface area contributed by atoms with Crippen LogP contribution in [0.15, 0.2) is 55.1 Å². The number of rotatable bonds is 9. The van der Waals surface area contributed by atoms with Gasteiger partial charge in [0, 0.05) is 19.0 Å². The summed E-state index contributed by atoms with van der Waals surface area (Å²) < 4.78 is 20.0. The van der Waals surface area contributed by atoms with Crippen LogP contribution >= 0.6 is 0 Å². The van der Waals surface area contributed by atoms with Crippen LogP contribution in [0.2, 0.25) is 0 Å². The molecule has 0 radical (unpaired) electrons. The van der Waals surface area contributed by atoms with E-state index in [1.165, 1.54) is 17.9 Å². The number of nitrogens with zero attached hydrogens (tertiary/aromatic N) is 1. The van der Waals surface area contributed by atoms with Crippen LogP contribution in [-0.4, -0.2) is 37.8 Å². The quantitative estimate of drug-likeness (QED) is 0.375. The number of carbonyl (C=O) groups is 2. The second kappa shape index (κ2) is 10.00. The first kappa shape index (κ1) is 21.5. The van der Waals surface area contributed by atoms with E-state index in [1.54, 1.807) is 18.2 Å². The molecule has 8 heteroatoms. The van der Waals surface area contributed by atoms with Crippen LogP contribution in [0, 0.1) is 5.82 Å². The molecule has 2 amide bonds. The van der Waals surface area contributed by atoms with E-state index in [0.29, 0.717) is 24.4 Å². The van der Waals surface area contributed by atoms with E-state index in [4.69, 9.17) is 9.57 Å². The highest BCUT2D eigenvalue weighted by molar-refractivity contribution is 5.90. The number of hydrogen-bond acceptors (Lipinski definition) is 5. The normalized spacial score (nSPS) is 15.7. The highest BCUT2D eigenvalue weighted by atomic mass is 19.1. The standard InChI is InChI=1S/C22H24FN3O4/c1-3-10-29-25-12-16-4-6-17(7-5-16)20-9-8-18(11-21(20)23)26-14-19(30-22(26)28)13-24-15(2)27/h3-9,11,19,25H,1,10,12-14H2,2H3,(H,24,27)/t19-/m0/s1. The van der Waals surface area contributed by atoms with Crippen LogP contribution in [0.1, 0.15) is 12.5 Å². The molecule has 30 heavy (non-hydrogen) atoms. The number of nitrogens with one attached hydrogen (secondary N) is 2. The fourth-order valence-electron chi connectivity index (χ4n) is 3.06. The summed E-state index contributed by atoms with van der Waals surface area (Å²) in [6.07, 6.45) is 0.613. The molecule has 0 spiro atoms. The molecule has 1 aliphatic heterocycles. The number of anilines is 1. The van der Waals surface area contributed by atoms with Gasteiger partial charge in [-0.1, -0.05) is 30.3 Å². The largest absolute Gasteiger partial charge is 0.442 e. The van der Waals surface area contributed by atoms with Crippen molar-refractivity contribution in [3.8, 4) is 11.1 Å². The number of halogens is 1. The number of hydrogen-bond donors (Lipinski definition) is 2. The summed E-state index contributed by atoms with van der Waals surface area (Å²) in [6, 6.07) is 12.1. The van der Waals surface area contributed by atoms with Gasteiger partial charge in [-0.25, -0.2) is 9.18 Å². The second-order valence-corrected chi connectivity index (χ2v) is 6.84. The summed E-state index contributed by atoms with van der Waals surface area (Å²) in [4.78, 5) is 29.6. The lowest BCUT2D eigenvalue weighted by molar-refractivity contribution is -0.119. The maximum absolute atomic E-state index is 14.8. The zero-order chi connectivity index (χ0) is 21.5. The van der Waals surface area contributed by atoms with Crippen molar-refractivity contribution in [2.45, 2.75) is 19.6 Å². The van der Waals surface area contributed by atoms with Crippen molar-refractivity contribution in [1.29, 1.82) is 0 Å². The number of benzene rings is 2. The first-order valence-corrected chi connectivity index (χ1v) is 9.55. The van der Waals surface area contributed by atoms with E-state index in [-0.39, 0.29) is 19.0 Å². The molecular weight excluding hydrogens is 389 g/mol. The Bertz CT molecular complexity index is 917. The van der Waals surface area contributed by atoms with Crippen molar-refractivity contribution in [3.63, 3.8) is 0 Å². The minimum Gasteiger partial charge on any atom is -0.442 e. The number of hydroxylamine groups is 1. The van der Waals surface area contributed by atoms with Crippen molar-refractivity contribution in [2.24, 2.45) is 0 Å². The molecule has 2 aromatic rings. The first-order chi connectivity index (χ1) is 14.5.